The minimum atomic E-state index is -0.550. The average molecular weight is 284 g/mol. The first-order chi connectivity index (χ1) is 9.99. The maximum Gasteiger partial charge on any atom is 0.282 e. The Morgan fingerprint density at radius 3 is 2.38 bits per heavy atom. The summed E-state index contributed by atoms with van der Waals surface area (Å²) in [5.74, 6) is -0.449. The Balaban J connectivity index is 2.18. The number of benzene rings is 2. The summed E-state index contributed by atoms with van der Waals surface area (Å²) < 4.78 is 0. The van der Waals surface area contributed by atoms with Gasteiger partial charge in [-0.15, -0.1) is 0 Å². The molecule has 108 valence electrons. The van der Waals surface area contributed by atoms with E-state index in [1.165, 1.54) is 18.2 Å². The number of hydrogen-bond donors (Lipinski definition) is 1. The van der Waals surface area contributed by atoms with Gasteiger partial charge in [-0.05, 0) is 25.5 Å². The van der Waals surface area contributed by atoms with Gasteiger partial charge < -0.3 is 5.32 Å². The molecule has 2 aromatic carbocycles. The summed E-state index contributed by atoms with van der Waals surface area (Å²) >= 11 is 0. The standard InChI is InChI=1S/C16H16N2O3/c1-11-7-9-13(10-8-11)12(2)17-16(19)14-5-3-4-6-15(14)18(20)21/h3-10,12H,1-2H3,(H,17,19). The van der Waals surface area contributed by atoms with Crippen LogP contribution in [0, 0.1) is 17.0 Å². The lowest BCUT2D eigenvalue weighted by Gasteiger charge is -2.14. The molecule has 0 aromatic heterocycles. The second kappa shape index (κ2) is 6.17. The summed E-state index contributed by atoms with van der Waals surface area (Å²) in [7, 11) is 0. The molecule has 0 aliphatic carbocycles. The van der Waals surface area contributed by atoms with Gasteiger partial charge in [-0.3, -0.25) is 14.9 Å². The van der Waals surface area contributed by atoms with Crippen LogP contribution in [-0.4, -0.2) is 10.8 Å². The van der Waals surface area contributed by atoms with Crippen LogP contribution in [-0.2, 0) is 0 Å². The van der Waals surface area contributed by atoms with E-state index in [1.807, 2.05) is 38.1 Å². The van der Waals surface area contributed by atoms with Gasteiger partial charge in [-0.25, -0.2) is 0 Å². The fourth-order valence-electron chi connectivity index (χ4n) is 2.04. The van der Waals surface area contributed by atoms with Crippen molar-refractivity contribution in [2.75, 3.05) is 0 Å². The summed E-state index contributed by atoms with van der Waals surface area (Å²) in [5, 5.41) is 13.7. The lowest BCUT2D eigenvalue weighted by Crippen LogP contribution is -2.27. The maximum atomic E-state index is 12.2. The van der Waals surface area contributed by atoms with Crippen molar-refractivity contribution in [3.63, 3.8) is 0 Å². The van der Waals surface area contributed by atoms with Crippen molar-refractivity contribution in [2.24, 2.45) is 0 Å². The summed E-state index contributed by atoms with van der Waals surface area (Å²) in [6.07, 6.45) is 0. The largest absolute Gasteiger partial charge is 0.345 e. The van der Waals surface area contributed by atoms with Crippen LogP contribution < -0.4 is 5.32 Å². The van der Waals surface area contributed by atoms with Crippen LogP contribution in [0.25, 0.3) is 0 Å². The molecule has 2 aromatic rings. The first-order valence-corrected chi connectivity index (χ1v) is 6.60. The number of carbonyl (C=O) groups is 1. The Bertz CT molecular complexity index is 665. The van der Waals surface area contributed by atoms with Crippen LogP contribution in [0.15, 0.2) is 48.5 Å². The molecule has 1 atom stereocenters. The molecule has 0 fully saturated rings. The Morgan fingerprint density at radius 2 is 1.76 bits per heavy atom. The molecule has 0 aliphatic rings. The smallest absolute Gasteiger partial charge is 0.282 e. The zero-order valence-corrected chi connectivity index (χ0v) is 11.9. The summed E-state index contributed by atoms with van der Waals surface area (Å²) in [6.45, 7) is 3.83. The number of amides is 1. The van der Waals surface area contributed by atoms with Gasteiger partial charge in [0.05, 0.1) is 11.0 Å². The number of aryl methyl sites for hydroxylation is 1. The van der Waals surface area contributed by atoms with Gasteiger partial charge >= 0.3 is 0 Å². The van der Waals surface area contributed by atoms with Gasteiger partial charge in [0.25, 0.3) is 11.6 Å². The van der Waals surface area contributed by atoms with E-state index < -0.39 is 10.8 Å². The van der Waals surface area contributed by atoms with E-state index in [-0.39, 0.29) is 17.3 Å². The Kier molecular flexibility index (Phi) is 4.33. The fraction of sp³-hybridized carbons (Fsp3) is 0.188. The van der Waals surface area contributed by atoms with Gasteiger partial charge in [0.1, 0.15) is 5.56 Å². The molecule has 0 spiro atoms. The first-order valence-electron chi connectivity index (χ1n) is 6.60. The number of nitrogens with one attached hydrogen (secondary N) is 1. The Morgan fingerprint density at radius 1 is 1.14 bits per heavy atom. The number of rotatable bonds is 4. The topological polar surface area (TPSA) is 72.2 Å². The van der Waals surface area contributed by atoms with Crippen molar-refractivity contribution < 1.29 is 9.72 Å². The molecule has 1 unspecified atom stereocenters. The van der Waals surface area contributed by atoms with Crippen LogP contribution in [0.3, 0.4) is 0 Å². The van der Waals surface area contributed by atoms with Crippen molar-refractivity contribution in [1.29, 1.82) is 0 Å². The zero-order chi connectivity index (χ0) is 15.4. The highest BCUT2D eigenvalue weighted by Crippen LogP contribution is 2.19. The Labute approximate surface area is 122 Å². The van der Waals surface area contributed by atoms with Crippen LogP contribution >= 0.6 is 0 Å². The van der Waals surface area contributed by atoms with Crippen molar-refractivity contribution in [3.8, 4) is 0 Å². The van der Waals surface area contributed by atoms with E-state index in [4.69, 9.17) is 0 Å². The lowest BCUT2D eigenvalue weighted by atomic mass is 10.1. The molecule has 0 saturated heterocycles. The minimum absolute atomic E-state index is 0.0708. The molecule has 2 rings (SSSR count). The second-order valence-electron chi connectivity index (χ2n) is 4.88. The third-order valence-corrected chi connectivity index (χ3v) is 3.27. The van der Waals surface area contributed by atoms with E-state index in [2.05, 4.69) is 5.32 Å². The van der Waals surface area contributed by atoms with E-state index >= 15 is 0 Å². The minimum Gasteiger partial charge on any atom is -0.345 e. The van der Waals surface area contributed by atoms with Crippen LogP contribution in [0.4, 0.5) is 5.69 Å². The van der Waals surface area contributed by atoms with Crippen LogP contribution in [0.5, 0.6) is 0 Å². The van der Waals surface area contributed by atoms with Crippen molar-refractivity contribution in [3.05, 3.63) is 75.3 Å². The molecule has 1 amide bonds. The second-order valence-corrected chi connectivity index (χ2v) is 4.88. The molecule has 0 aliphatic heterocycles. The lowest BCUT2D eigenvalue weighted by molar-refractivity contribution is -0.385. The van der Waals surface area contributed by atoms with Crippen LogP contribution in [0.1, 0.15) is 34.5 Å². The summed E-state index contributed by atoms with van der Waals surface area (Å²) in [4.78, 5) is 22.6. The summed E-state index contributed by atoms with van der Waals surface area (Å²) in [6, 6.07) is 13.5. The molecule has 21 heavy (non-hydrogen) atoms. The quantitative estimate of drug-likeness (QED) is 0.691. The predicted molar refractivity (Wildman–Crippen MR) is 80.2 cm³/mol. The van der Waals surface area contributed by atoms with E-state index in [0.29, 0.717) is 0 Å². The van der Waals surface area contributed by atoms with Gasteiger partial charge in [0.15, 0.2) is 0 Å². The summed E-state index contributed by atoms with van der Waals surface area (Å²) in [5.41, 5.74) is 1.97. The molecule has 5 nitrogen and oxygen atoms in total. The van der Waals surface area contributed by atoms with E-state index in [0.717, 1.165) is 11.1 Å². The van der Waals surface area contributed by atoms with Gasteiger partial charge in [0.2, 0.25) is 0 Å². The van der Waals surface area contributed by atoms with Crippen molar-refractivity contribution >= 4 is 11.6 Å². The molecule has 0 bridgehead atoms. The highest BCUT2D eigenvalue weighted by molar-refractivity contribution is 5.98. The predicted octanol–water partition coefficient (Wildman–Crippen LogP) is 3.39. The number of carbonyl (C=O) groups excluding carboxylic acids is 1. The molecular weight excluding hydrogens is 268 g/mol. The van der Waals surface area contributed by atoms with E-state index in [1.54, 1.807) is 6.07 Å². The molecule has 5 heteroatoms. The maximum absolute atomic E-state index is 12.2. The highest BCUT2D eigenvalue weighted by Gasteiger charge is 2.20. The number of hydrogen-bond acceptors (Lipinski definition) is 3. The first kappa shape index (κ1) is 14.7. The van der Waals surface area contributed by atoms with Gasteiger partial charge in [-0.1, -0.05) is 42.0 Å². The number of nitro benzene ring substituents is 1. The normalized spacial score (nSPS) is 11.7. The average Bonchev–Trinajstić information content (AvgIpc) is 2.47. The molecule has 0 saturated carbocycles. The SMILES string of the molecule is Cc1ccc(C(C)NC(=O)c2ccccc2[N+](=O)[O-])cc1. The Hall–Kier alpha value is -2.69. The fourth-order valence-corrected chi connectivity index (χ4v) is 2.04. The van der Waals surface area contributed by atoms with Crippen molar-refractivity contribution in [1.82, 2.24) is 5.32 Å². The monoisotopic (exact) mass is 284 g/mol. The van der Waals surface area contributed by atoms with E-state index in [9.17, 15) is 14.9 Å². The highest BCUT2D eigenvalue weighted by atomic mass is 16.6. The third-order valence-electron chi connectivity index (χ3n) is 3.27. The molecule has 0 radical (unpaired) electrons. The molecule has 1 N–H and O–H groups in total. The third kappa shape index (κ3) is 3.45. The van der Waals surface area contributed by atoms with Gasteiger partial charge in [0, 0.05) is 6.07 Å². The molecule has 0 heterocycles. The van der Waals surface area contributed by atoms with Crippen LogP contribution in [0.2, 0.25) is 0 Å². The molecular formula is C16H16N2O3. The van der Waals surface area contributed by atoms with Crippen molar-refractivity contribution in [2.45, 2.75) is 19.9 Å². The van der Waals surface area contributed by atoms with Gasteiger partial charge in [-0.2, -0.15) is 0 Å². The zero-order valence-electron chi connectivity index (χ0n) is 11.9. The number of nitro groups is 1. The number of nitrogens with zero attached hydrogens (tertiary/aromatic N) is 1. The number of para-hydroxylation sites is 1.